The van der Waals surface area contributed by atoms with Gasteiger partial charge in [-0.05, 0) is 12.0 Å². The van der Waals surface area contributed by atoms with Crippen LogP contribution in [0.4, 0.5) is 0 Å². The molecular weight excluding hydrogens is 360 g/mol. The zero-order chi connectivity index (χ0) is 20.5. The number of likely N-dealkylation sites (N-methyl/N-ethyl adjacent to an activating group) is 1. The first-order chi connectivity index (χ1) is 13.6. The predicted molar refractivity (Wildman–Crippen MR) is 110 cm³/mol. The summed E-state index contributed by atoms with van der Waals surface area (Å²) in [6.45, 7) is 4.35. The Hall–Kier alpha value is -2.16. The molecule has 158 valence electrons. The van der Waals surface area contributed by atoms with Crippen LogP contribution in [0.5, 0.6) is 0 Å². The van der Waals surface area contributed by atoms with Gasteiger partial charge in [0.05, 0.1) is 26.4 Å². The van der Waals surface area contributed by atoms with Crippen LogP contribution in [0.2, 0.25) is 0 Å². The lowest BCUT2D eigenvalue weighted by atomic mass is 10.2. The van der Waals surface area contributed by atoms with Crippen LogP contribution < -0.4 is 10.6 Å². The highest BCUT2D eigenvalue weighted by atomic mass is 16.5. The Morgan fingerprint density at radius 1 is 1.00 bits per heavy atom. The van der Waals surface area contributed by atoms with Crippen molar-refractivity contribution in [1.82, 2.24) is 15.5 Å². The van der Waals surface area contributed by atoms with Crippen LogP contribution in [-0.2, 0) is 25.6 Å². The summed E-state index contributed by atoms with van der Waals surface area (Å²) in [5.41, 5.74) is 1.16. The molecule has 8 heteroatoms. The van der Waals surface area contributed by atoms with Crippen LogP contribution >= 0.6 is 0 Å². The van der Waals surface area contributed by atoms with Crippen molar-refractivity contribution in [2.24, 2.45) is 4.99 Å². The van der Waals surface area contributed by atoms with E-state index in [1.54, 1.807) is 21.2 Å². The average Bonchev–Trinajstić information content (AvgIpc) is 2.70. The SMILES string of the molecule is COCCNC(=NCC(=O)N(C)C)NCCCOCCOCc1ccccc1. The Morgan fingerprint density at radius 2 is 1.71 bits per heavy atom. The normalized spacial score (nSPS) is 11.3. The molecule has 0 unspecified atom stereocenters. The van der Waals surface area contributed by atoms with Crippen LogP contribution in [0.25, 0.3) is 0 Å². The molecule has 1 rings (SSSR count). The van der Waals surface area contributed by atoms with Gasteiger partial charge in [0.25, 0.3) is 0 Å². The van der Waals surface area contributed by atoms with Crippen LogP contribution in [0, 0.1) is 0 Å². The number of hydrogen-bond acceptors (Lipinski definition) is 5. The van der Waals surface area contributed by atoms with E-state index in [2.05, 4.69) is 15.6 Å². The Labute approximate surface area is 168 Å². The first-order valence-electron chi connectivity index (χ1n) is 9.54. The third-order valence-corrected chi connectivity index (χ3v) is 3.71. The molecule has 1 aromatic rings. The van der Waals surface area contributed by atoms with Gasteiger partial charge < -0.3 is 29.7 Å². The predicted octanol–water partition coefficient (Wildman–Crippen LogP) is 0.880. The molecular formula is C20H34N4O4. The summed E-state index contributed by atoms with van der Waals surface area (Å²) in [6.07, 6.45) is 0.825. The number of benzene rings is 1. The van der Waals surface area contributed by atoms with Crippen molar-refractivity contribution in [3.8, 4) is 0 Å². The lowest BCUT2D eigenvalue weighted by molar-refractivity contribution is -0.127. The maximum atomic E-state index is 11.7. The topological polar surface area (TPSA) is 84.4 Å². The highest BCUT2D eigenvalue weighted by Gasteiger charge is 2.04. The second-order valence-corrected chi connectivity index (χ2v) is 6.30. The summed E-state index contributed by atoms with van der Waals surface area (Å²) < 4.78 is 16.2. The summed E-state index contributed by atoms with van der Waals surface area (Å²) in [7, 11) is 5.07. The van der Waals surface area contributed by atoms with E-state index in [0.29, 0.717) is 52.1 Å². The molecule has 0 fully saturated rings. The molecule has 1 aromatic carbocycles. The van der Waals surface area contributed by atoms with Crippen molar-refractivity contribution in [2.45, 2.75) is 13.0 Å². The highest BCUT2D eigenvalue weighted by Crippen LogP contribution is 2.00. The van der Waals surface area contributed by atoms with E-state index in [1.165, 1.54) is 4.90 Å². The minimum Gasteiger partial charge on any atom is -0.383 e. The molecule has 0 radical (unpaired) electrons. The van der Waals surface area contributed by atoms with Crippen molar-refractivity contribution >= 4 is 11.9 Å². The molecule has 0 spiro atoms. The van der Waals surface area contributed by atoms with E-state index >= 15 is 0 Å². The smallest absolute Gasteiger partial charge is 0.243 e. The minimum atomic E-state index is -0.0494. The maximum Gasteiger partial charge on any atom is 0.243 e. The fourth-order valence-electron chi connectivity index (χ4n) is 2.10. The molecule has 1 amide bonds. The average molecular weight is 395 g/mol. The van der Waals surface area contributed by atoms with Gasteiger partial charge >= 0.3 is 0 Å². The fourth-order valence-corrected chi connectivity index (χ4v) is 2.10. The fraction of sp³-hybridized carbons (Fsp3) is 0.600. The van der Waals surface area contributed by atoms with Crippen molar-refractivity contribution in [3.63, 3.8) is 0 Å². The van der Waals surface area contributed by atoms with Crippen molar-refractivity contribution in [2.75, 3.05) is 67.3 Å². The quantitative estimate of drug-likeness (QED) is 0.277. The molecule has 2 N–H and O–H groups in total. The number of nitrogens with zero attached hydrogens (tertiary/aromatic N) is 2. The minimum absolute atomic E-state index is 0.0494. The lowest BCUT2D eigenvalue weighted by Crippen LogP contribution is -2.40. The van der Waals surface area contributed by atoms with Gasteiger partial charge in [0.2, 0.25) is 5.91 Å². The molecule has 0 atom stereocenters. The van der Waals surface area contributed by atoms with Crippen molar-refractivity contribution in [3.05, 3.63) is 35.9 Å². The number of carbonyl (C=O) groups excluding carboxylic acids is 1. The molecule has 28 heavy (non-hydrogen) atoms. The van der Waals surface area contributed by atoms with E-state index in [0.717, 1.165) is 12.0 Å². The molecule has 0 aliphatic carbocycles. The first-order valence-corrected chi connectivity index (χ1v) is 9.54. The molecule has 0 aliphatic heterocycles. The number of amides is 1. The van der Waals surface area contributed by atoms with Gasteiger partial charge in [-0.3, -0.25) is 4.79 Å². The monoisotopic (exact) mass is 394 g/mol. The number of carbonyl (C=O) groups is 1. The van der Waals surface area contributed by atoms with Gasteiger partial charge in [-0.1, -0.05) is 30.3 Å². The molecule has 0 saturated carbocycles. The molecule has 0 bridgehead atoms. The standard InChI is InChI=1S/C20H34N4O4/c1-24(2)19(25)16-23-20(22-11-13-26-3)21-10-7-12-27-14-15-28-17-18-8-5-4-6-9-18/h4-6,8-9H,7,10-17H2,1-3H3,(H2,21,22,23). The number of guanidine groups is 1. The van der Waals surface area contributed by atoms with Gasteiger partial charge in [-0.15, -0.1) is 0 Å². The highest BCUT2D eigenvalue weighted by molar-refractivity contribution is 5.84. The second-order valence-electron chi connectivity index (χ2n) is 6.30. The largest absolute Gasteiger partial charge is 0.383 e. The Balaban J connectivity index is 2.11. The Bertz CT molecular complexity index is 552. The van der Waals surface area contributed by atoms with Gasteiger partial charge in [-0.2, -0.15) is 0 Å². The number of nitrogens with one attached hydrogen (secondary N) is 2. The van der Waals surface area contributed by atoms with E-state index < -0.39 is 0 Å². The first kappa shape index (κ1) is 23.9. The van der Waals surface area contributed by atoms with Crippen LogP contribution in [0.1, 0.15) is 12.0 Å². The van der Waals surface area contributed by atoms with Crippen LogP contribution in [0.3, 0.4) is 0 Å². The maximum absolute atomic E-state index is 11.7. The van der Waals surface area contributed by atoms with E-state index in [9.17, 15) is 4.79 Å². The summed E-state index contributed by atoms with van der Waals surface area (Å²) in [4.78, 5) is 17.5. The van der Waals surface area contributed by atoms with Crippen molar-refractivity contribution in [1.29, 1.82) is 0 Å². The molecule has 0 heterocycles. The second kappa shape index (κ2) is 15.9. The van der Waals surface area contributed by atoms with Crippen molar-refractivity contribution < 1.29 is 19.0 Å². The Kier molecular flexibility index (Phi) is 13.5. The van der Waals surface area contributed by atoms with E-state index in [4.69, 9.17) is 14.2 Å². The number of aliphatic imine (C=N–C) groups is 1. The molecule has 0 aliphatic rings. The van der Waals surface area contributed by atoms with E-state index in [1.807, 2.05) is 30.3 Å². The summed E-state index contributed by atoms with van der Waals surface area (Å²) in [5, 5.41) is 6.33. The van der Waals surface area contributed by atoms with Crippen LogP contribution in [0.15, 0.2) is 35.3 Å². The van der Waals surface area contributed by atoms with Gasteiger partial charge in [0, 0.05) is 40.9 Å². The van der Waals surface area contributed by atoms with Crippen LogP contribution in [-0.4, -0.2) is 84.0 Å². The molecule has 0 aromatic heterocycles. The molecule has 0 saturated heterocycles. The molecule has 8 nitrogen and oxygen atoms in total. The number of ether oxygens (including phenoxy) is 3. The number of rotatable bonds is 14. The summed E-state index contributed by atoms with van der Waals surface area (Å²) >= 11 is 0. The zero-order valence-corrected chi connectivity index (χ0v) is 17.3. The Morgan fingerprint density at radius 3 is 2.43 bits per heavy atom. The number of hydrogen-bond donors (Lipinski definition) is 2. The van der Waals surface area contributed by atoms with Gasteiger partial charge in [0.1, 0.15) is 6.54 Å². The third kappa shape index (κ3) is 12.3. The summed E-state index contributed by atoms with van der Waals surface area (Å²) in [5.74, 6) is 0.546. The number of methoxy groups -OCH3 is 1. The summed E-state index contributed by atoms with van der Waals surface area (Å²) in [6, 6.07) is 10.1. The van der Waals surface area contributed by atoms with E-state index in [-0.39, 0.29) is 12.5 Å². The lowest BCUT2D eigenvalue weighted by Gasteiger charge is -2.13. The van der Waals surface area contributed by atoms with Gasteiger partial charge in [-0.25, -0.2) is 4.99 Å². The zero-order valence-electron chi connectivity index (χ0n) is 17.3. The third-order valence-electron chi connectivity index (χ3n) is 3.71. The van der Waals surface area contributed by atoms with Gasteiger partial charge in [0.15, 0.2) is 5.96 Å².